The van der Waals surface area contributed by atoms with E-state index in [0.29, 0.717) is 12.2 Å². The van der Waals surface area contributed by atoms with Gasteiger partial charge in [0.15, 0.2) is 11.5 Å². The largest absolute Gasteiger partial charge is 0.493 e. The van der Waals surface area contributed by atoms with Gasteiger partial charge in [-0.05, 0) is 18.1 Å². The molecule has 1 rings (SSSR count). The molecule has 0 fully saturated rings. The van der Waals surface area contributed by atoms with Crippen molar-refractivity contribution in [3.8, 4) is 11.5 Å². The van der Waals surface area contributed by atoms with Crippen molar-refractivity contribution in [3.63, 3.8) is 0 Å². The van der Waals surface area contributed by atoms with Gasteiger partial charge in [-0.3, -0.25) is 0 Å². The number of hydrogen-bond acceptors (Lipinski definition) is 3. The lowest BCUT2D eigenvalue weighted by atomic mass is 10.0. The van der Waals surface area contributed by atoms with Crippen LogP contribution in [0.25, 0.3) is 0 Å². The lowest BCUT2D eigenvalue weighted by molar-refractivity contribution is 0.0691. The third kappa shape index (κ3) is 2.58. The zero-order valence-electron chi connectivity index (χ0n) is 9.44. The van der Waals surface area contributed by atoms with Crippen LogP contribution in [0.5, 0.6) is 11.5 Å². The van der Waals surface area contributed by atoms with E-state index in [1.54, 1.807) is 12.1 Å². The minimum absolute atomic E-state index is 0. The number of rotatable bonds is 4. The first kappa shape index (κ1) is 14.6. The molecular formula is C11H15ClO4. The molecule has 1 aromatic carbocycles. The van der Waals surface area contributed by atoms with E-state index in [4.69, 9.17) is 14.6 Å². The molecule has 0 radical (unpaired) electrons. The molecular weight excluding hydrogens is 232 g/mol. The fourth-order valence-corrected chi connectivity index (χ4v) is 1.50. The average molecular weight is 247 g/mol. The van der Waals surface area contributed by atoms with E-state index < -0.39 is 5.97 Å². The van der Waals surface area contributed by atoms with E-state index in [0.717, 1.165) is 5.56 Å². The summed E-state index contributed by atoms with van der Waals surface area (Å²) in [4.78, 5) is 11.1. The topological polar surface area (TPSA) is 55.8 Å². The summed E-state index contributed by atoms with van der Waals surface area (Å²) in [6, 6.07) is 3.45. The molecule has 0 atom stereocenters. The van der Waals surface area contributed by atoms with Crippen LogP contribution in [-0.2, 0) is 6.42 Å². The van der Waals surface area contributed by atoms with Crippen LogP contribution in [0.15, 0.2) is 12.1 Å². The number of aromatic carboxylic acids is 1. The van der Waals surface area contributed by atoms with Crippen LogP contribution in [-0.4, -0.2) is 25.3 Å². The highest BCUT2D eigenvalue weighted by atomic mass is 35.5. The van der Waals surface area contributed by atoms with Crippen LogP contribution >= 0.6 is 12.4 Å². The molecule has 0 saturated carbocycles. The molecule has 0 aliphatic rings. The molecule has 0 aromatic heterocycles. The molecule has 1 N–H and O–H groups in total. The summed E-state index contributed by atoms with van der Waals surface area (Å²) < 4.78 is 10.1. The van der Waals surface area contributed by atoms with Crippen LogP contribution in [0.2, 0.25) is 0 Å². The first-order valence-corrected chi connectivity index (χ1v) is 4.62. The lowest BCUT2D eigenvalue weighted by Gasteiger charge is -2.13. The maximum absolute atomic E-state index is 11.1. The van der Waals surface area contributed by atoms with Crippen LogP contribution in [0.4, 0.5) is 0 Å². The molecule has 0 heterocycles. The SMILES string of the molecule is CCc1ccc(OC)c(OC)c1C(=O)O.Cl. The predicted molar refractivity (Wildman–Crippen MR) is 63.1 cm³/mol. The predicted octanol–water partition coefficient (Wildman–Crippen LogP) is 2.39. The van der Waals surface area contributed by atoms with E-state index in [1.807, 2.05) is 6.92 Å². The molecule has 1 aromatic rings. The second-order valence-corrected chi connectivity index (χ2v) is 2.99. The van der Waals surface area contributed by atoms with Gasteiger partial charge in [-0.2, -0.15) is 0 Å². The first-order valence-electron chi connectivity index (χ1n) is 4.62. The summed E-state index contributed by atoms with van der Waals surface area (Å²) in [5.41, 5.74) is 0.916. The summed E-state index contributed by atoms with van der Waals surface area (Å²) in [5, 5.41) is 9.09. The van der Waals surface area contributed by atoms with Crippen molar-refractivity contribution in [3.05, 3.63) is 23.3 Å². The van der Waals surface area contributed by atoms with Gasteiger partial charge < -0.3 is 14.6 Å². The Hall–Kier alpha value is -1.42. The van der Waals surface area contributed by atoms with Gasteiger partial charge in [-0.1, -0.05) is 13.0 Å². The molecule has 4 nitrogen and oxygen atoms in total. The van der Waals surface area contributed by atoms with E-state index in [1.165, 1.54) is 14.2 Å². The molecule has 90 valence electrons. The summed E-state index contributed by atoms with van der Waals surface area (Å²) in [6.45, 7) is 1.90. The second-order valence-electron chi connectivity index (χ2n) is 2.99. The molecule has 0 unspecified atom stereocenters. The van der Waals surface area contributed by atoms with Gasteiger partial charge in [0.1, 0.15) is 5.56 Å². The van der Waals surface area contributed by atoms with Crippen molar-refractivity contribution in [2.24, 2.45) is 0 Å². The van der Waals surface area contributed by atoms with Crippen LogP contribution in [0, 0.1) is 0 Å². The molecule has 0 aliphatic carbocycles. The molecule has 0 amide bonds. The smallest absolute Gasteiger partial charge is 0.339 e. The molecule has 5 heteroatoms. The fourth-order valence-electron chi connectivity index (χ4n) is 1.50. The van der Waals surface area contributed by atoms with Crippen molar-refractivity contribution in [2.45, 2.75) is 13.3 Å². The highest BCUT2D eigenvalue weighted by Crippen LogP contribution is 2.33. The molecule has 0 bridgehead atoms. The zero-order chi connectivity index (χ0) is 11.4. The molecule has 0 aliphatic heterocycles. The van der Waals surface area contributed by atoms with Gasteiger partial charge in [0, 0.05) is 0 Å². The van der Waals surface area contributed by atoms with Gasteiger partial charge in [-0.25, -0.2) is 4.79 Å². The van der Waals surface area contributed by atoms with Crippen molar-refractivity contribution in [1.29, 1.82) is 0 Å². The highest BCUT2D eigenvalue weighted by molar-refractivity contribution is 5.93. The summed E-state index contributed by atoms with van der Waals surface area (Å²) >= 11 is 0. The fraction of sp³-hybridized carbons (Fsp3) is 0.364. The third-order valence-corrected chi connectivity index (χ3v) is 2.23. The van der Waals surface area contributed by atoms with E-state index in [9.17, 15) is 4.79 Å². The number of methoxy groups -OCH3 is 2. The quantitative estimate of drug-likeness (QED) is 0.886. The molecule has 0 saturated heterocycles. The Bertz CT molecular complexity index is 376. The normalized spacial score (nSPS) is 9.19. The van der Waals surface area contributed by atoms with Crippen LogP contribution in [0.1, 0.15) is 22.8 Å². The Morgan fingerprint density at radius 2 is 1.94 bits per heavy atom. The minimum Gasteiger partial charge on any atom is -0.493 e. The third-order valence-electron chi connectivity index (χ3n) is 2.23. The Morgan fingerprint density at radius 1 is 1.31 bits per heavy atom. The second kappa shape index (κ2) is 6.23. The molecule has 16 heavy (non-hydrogen) atoms. The van der Waals surface area contributed by atoms with Crippen molar-refractivity contribution >= 4 is 18.4 Å². The van der Waals surface area contributed by atoms with Crippen molar-refractivity contribution in [1.82, 2.24) is 0 Å². The van der Waals surface area contributed by atoms with Crippen LogP contribution in [0.3, 0.4) is 0 Å². The van der Waals surface area contributed by atoms with E-state index in [-0.39, 0.29) is 23.7 Å². The monoisotopic (exact) mass is 246 g/mol. The summed E-state index contributed by atoms with van der Waals surface area (Å²) in [5.74, 6) is -0.279. The van der Waals surface area contributed by atoms with Gasteiger partial charge in [0.05, 0.1) is 14.2 Å². The highest BCUT2D eigenvalue weighted by Gasteiger charge is 2.19. The maximum Gasteiger partial charge on any atom is 0.339 e. The van der Waals surface area contributed by atoms with Crippen molar-refractivity contribution < 1.29 is 19.4 Å². The number of carboxylic acids is 1. The number of ether oxygens (including phenoxy) is 2. The lowest BCUT2D eigenvalue weighted by Crippen LogP contribution is -2.06. The first-order chi connectivity index (χ1) is 7.15. The number of benzene rings is 1. The van der Waals surface area contributed by atoms with Gasteiger partial charge in [0.2, 0.25) is 0 Å². The summed E-state index contributed by atoms with van der Waals surface area (Å²) in [7, 11) is 2.92. The van der Waals surface area contributed by atoms with Gasteiger partial charge in [0.25, 0.3) is 0 Å². The minimum atomic E-state index is -0.998. The number of hydrogen-bond donors (Lipinski definition) is 1. The zero-order valence-corrected chi connectivity index (χ0v) is 10.3. The Labute approximate surface area is 101 Å². The van der Waals surface area contributed by atoms with Crippen molar-refractivity contribution in [2.75, 3.05) is 14.2 Å². The number of halogens is 1. The average Bonchev–Trinajstić information content (AvgIpc) is 2.26. The Kier molecular flexibility index (Phi) is 5.67. The number of aryl methyl sites for hydroxylation is 1. The standard InChI is InChI=1S/C11H14O4.ClH/c1-4-7-5-6-8(14-2)10(15-3)9(7)11(12)13;/h5-6H,4H2,1-3H3,(H,12,13);1H. The van der Waals surface area contributed by atoms with Gasteiger partial charge in [-0.15, -0.1) is 12.4 Å². The maximum atomic E-state index is 11.1. The van der Waals surface area contributed by atoms with Gasteiger partial charge >= 0.3 is 5.97 Å². The number of carbonyl (C=O) groups is 1. The summed E-state index contributed by atoms with van der Waals surface area (Å²) in [6.07, 6.45) is 0.641. The Balaban J connectivity index is 0.00000225. The van der Waals surface area contributed by atoms with E-state index >= 15 is 0 Å². The van der Waals surface area contributed by atoms with Crippen LogP contribution < -0.4 is 9.47 Å². The number of carboxylic acid groups (broad SMARTS) is 1. The molecule has 0 spiro atoms. The van der Waals surface area contributed by atoms with E-state index in [2.05, 4.69) is 0 Å². The Morgan fingerprint density at radius 3 is 2.31 bits per heavy atom.